The van der Waals surface area contributed by atoms with Gasteiger partial charge in [-0.15, -0.1) is 0 Å². The van der Waals surface area contributed by atoms with Gasteiger partial charge in [-0.2, -0.15) is 0 Å². The van der Waals surface area contributed by atoms with Crippen LogP contribution >= 0.6 is 0 Å². The molecule has 19 heavy (non-hydrogen) atoms. The molecule has 1 amide bonds. The van der Waals surface area contributed by atoms with Gasteiger partial charge < -0.3 is 10.6 Å². The number of nitrogens with zero attached hydrogens (tertiary/aromatic N) is 2. The molecule has 0 aromatic carbocycles. The minimum atomic E-state index is -0.351. The number of amides is 1. The Kier molecular flexibility index (Phi) is 5.39. The third-order valence-electron chi connectivity index (χ3n) is 4.45. The maximum atomic E-state index is 12.2. The summed E-state index contributed by atoms with van der Waals surface area (Å²) in [5.41, 5.74) is 5.64. The van der Waals surface area contributed by atoms with E-state index in [9.17, 15) is 4.79 Å². The fourth-order valence-electron chi connectivity index (χ4n) is 2.65. The summed E-state index contributed by atoms with van der Waals surface area (Å²) in [4.78, 5) is 16.3. The number of carbonyl (C=O) groups excluding carboxylic acids is 1. The highest BCUT2D eigenvalue weighted by molar-refractivity contribution is 5.86. The van der Waals surface area contributed by atoms with Crippen LogP contribution in [0.2, 0.25) is 0 Å². The van der Waals surface area contributed by atoms with E-state index in [1.807, 2.05) is 25.8 Å². The van der Waals surface area contributed by atoms with Crippen LogP contribution in [0.5, 0.6) is 0 Å². The zero-order valence-corrected chi connectivity index (χ0v) is 13.3. The predicted molar refractivity (Wildman–Crippen MR) is 80.0 cm³/mol. The molecule has 1 heterocycles. The number of likely N-dealkylation sites (N-methyl/N-ethyl adjacent to an activating group) is 1. The second-order valence-corrected chi connectivity index (χ2v) is 7.10. The Hall–Kier alpha value is -0.610. The lowest BCUT2D eigenvalue weighted by Crippen LogP contribution is -2.62. The second-order valence-electron chi connectivity index (χ2n) is 7.10. The van der Waals surface area contributed by atoms with Crippen LogP contribution in [0.3, 0.4) is 0 Å². The van der Waals surface area contributed by atoms with Crippen LogP contribution in [-0.4, -0.2) is 54.5 Å². The van der Waals surface area contributed by atoms with Gasteiger partial charge in [0.05, 0.1) is 5.54 Å². The number of hydrogen-bond acceptors (Lipinski definition) is 3. The molecule has 1 aliphatic heterocycles. The van der Waals surface area contributed by atoms with Crippen molar-refractivity contribution < 1.29 is 4.79 Å². The Bertz CT molecular complexity index is 313. The predicted octanol–water partition coefficient (Wildman–Crippen LogP) is 1.69. The molecule has 1 saturated heterocycles. The summed E-state index contributed by atoms with van der Waals surface area (Å²) in [6, 6.07) is 0. The standard InChI is InChI=1S/C15H31N3O/c1-14(2,12-16)8-6-7-9-18-11-10-17(5)13(19)15(18,3)4/h6-12,16H2,1-5H3. The second kappa shape index (κ2) is 6.23. The summed E-state index contributed by atoms with van der Waals surface area (Å²) in [7, 11) is 1.89. The Morgan fingerprint density at radius 2 is 1.89 bits per heavy atom. The first-order valence-electron chi connectivity index (χ1n) is 7.41. The largest absolute Gasteiger partial charge is 0.343 e. The Labute approximate surface area is 118 Å². The molecule has 0 saturated carbocycles. The van der Waals surface area contributed by atoms with E-state index in [4.69, 9.17) is 5.73 Å². The molecule has 1 aliphatic rings. The van der Waals surface area contributed by atoms with E-state index in [1.54, 1.807) is 0 Å². The summed E-state index contributed by atoms with van der Waals surface area (Å²) in [5, 5.41) is 0. The first-order valence-corrected chi connectivity index (χ1v) is 7.41. The monoisotopic (exact) mass is 269 g/mol. The van der Waals surface area contributed by atoms with Crippen LogP contribution in [0.4, 0.5) is 0 Å². The molecule has 0 aromatic rings. The minimum Gasteiger partial charge on any atom is -0.343 e. The van der Waals surface area contributed by atoms with Crippen molar-refractivity contribution in [2.24, 2.45) is 11.1 Å². The van der Waals surface area contributed by atoms with Crippen LogP contribution in [0.25, 0.3) is 0 Å². The lowest BCUT2D eigenvalue weighted by molar-refractivity contribution is -0.147. The van der Waals surface area contributed by atoms with Crippen molar-refractivity contribution in [3.8, 4) is 0 Å². The molecule has 4 heteroatoms. The molecule has 112 valence electrons. The van der Waals surface area contributed by atoms with Crippen LogP contribution in [0.1, 0.15) is 47.0 Å². The van der Waals surface area contributed by atoms with E-state index in [0.29, 0.717) is 0 Å². The molecule has 0 radical (unpaired) electrons. The van der Waals surface area contributed by atoms with Gasteiger partial charge in [-0.05, 0) is 45.2 Å². The fraction of sp³-hybridized carbons (Fsp3) is 0.933. The van der Waals surface area contributed by atoms with Gasteiger partial charge in [0.25, 0.3) is 0 Å². The van der Waals surface area contributed by atoms with E-state index in [0.717, 1.165) is 39.0 Å². The van der Waals surface area contributed by atoms with Crippen molar-refractivity contribution in [1.82, 2.24) is 9.80 Å². The highest BCUT2D eigenvalue weighted by Gasteiger charge is 2.39. The molecule has 2 N–H and O–H groups in total. The number of piperazine rings is 1. The highest BCUT2D eigenvalue weighted by Crippen LogP contribution is 2.24. The van der Waals surface area contributed by atoms with Crippen molar-refractivity contribution in [2.45, 2.75) is 52.5 Å². The van der Waals surface area contributed by atoms with E-state index >= 15 is 0 Å². The average Bonchev–Trinajstić information content (AvgIpc) is 2.34. The number of nitrogens with two attached hydrogens (primary N) is 1. The number of rotatable bonds is 6. The zero-order chi connectivity index (χ0) is 14.7. The number of hydrogen-bond donors (Lipinski definition) is 1. The molecule has 1 fully saturated rings. The summed E-state index contributed by atoms with van der Waals surface area (Å²) in [6.45, 7) is 12.1. The molecule has 4 nitrogen and oxygen atoms in total. The van der Waals surface area contributed by atoms with Crippen LogP contribution in [0, 0.1) is 5.41 Å². The lowest BCUT2D eigenvalue weighted by atomic mass is 9.87. The molecular formula is C15H31N3O. The average molecular weight is 269 g/mol. The Balaban J connectivity index is 2.39. The van der Waals surface area contributed by atoms with Gasteiger partial charge in [-0.3, -0.25) is 9.69 Å². The first-order chi connectivity index (χ1) is 8.70. The molecule has 0 atom stereocenters. The smallest absolute Gasteiger partial charge is 0.242 e. The summed E-state index contributed by atoms with van der Waals surface area (Å²) < 4.78 is 0. The zero-order valence-electron chi connectivity index (χ0n) is 13.3. The summed E-state index contributed by atoms with van der Waals surface area (Å²) >= 11 is 0. The van der Waals surface area contributed by atoms with Crippen molar-refractivity contribution >= 4 is 5.91 Å². The number of carbonyl (C=O) groups is 1. The highest BCUT2D eigenvalue weighted by atomic mass is 16.2. The minimum absolute atomic E-state index is 0.237. The fourth-order valence-corrected chi connectivity index (χ4v) is 2.65. The Morgan fingerprint density at radius 3 is 2.47 bits per heavy atom. The summed E-state index contributed by atoms with van der Waals surface area (Å²) in [5.74, 6) is 0.237. The van der Waals surface area contributed by atoms with Gasteiger partial charge in [-0.25, -0.2) is 0 Å². The first kappa shape index (κ1) is 16.4. The molecule has 0 aliphatic carbocycles. The van der Waals surface area contributed by atoms with E-state index < -0.39 is 0 Å². The maximum absolute atomic E-state index is 12.2. The van der Waals surface area contributed by atoms with Crippen LogP contribution in [-0.2, 0) is 4.79 Å². The Morgan fingerprint density at radius 1 is 1.26 bits per heavy atom. The van der Waals surface area contributed by atoms with Gasteiger partial charge in [0.1, 0.15) is 0 Å². The topological polar surface area (TPSA) is 49.6 Å². The van der Waals surface area contributed by atoms with Crippen LogP contribution in [0.15, 0.2) is 0 Å². The van der Waals surface area contributed by atoms with Crippen molar-refractivity contribution in [3.05, 3.63) is 0 Å². The quantitative estimate of drug-likeness (QED) is 0.747. The van der Waals surface area contributed by atoms with Gasteiger partial charge in [0.2, 0.25) is 5.91 Å². The third-order valence-corrected chi connectivity index (χ3v) is 4.45. The van der Waals surface area contributed by atoms with Crippen LogP contribution < -0.4 is 5.73 Å². The maximum Gasteiger partial charge on any atom is 0.242 e. The molecular weight excluding hydrogens is 238 g/mol. The molecule has 1 rings (SSSR count). The van der Waals surface area contributed by atoms with Crippen molar-refractivity contribution in [3.63, 3.8) is 0 Å². The van der Waals surface area contributed by atoms with Crippen molar-refractivity contribution in [1.29, 1.82) is 0 Å². The SMILES string of the molecule is CN1CCN(CCCCC(C)(C)CN)C(C)(C)C1=O. The summed E-state index contributed by atoms with van der Waals surface area (Å²) in [6.07, 6.45) is 3.48. The molecule has 0 bridgehead atoms. The third kappa shape index (κ3) is 4.18. The molecule has 0 spiro atoms. The molecule has 0 unspecified atom stereocenters. The van der Waals surface area contributed by atoms with E-state index in [1.165, 1.54) is 6.42 Å². The molecule has 0 aromatic heterocycles. The van der Waals surface area contributed by atoms with Gasteiger partial charge in [-0.1, -0.05) is 20.3 Å². The number of unbranched alkanes of at least 4 members (excludes halogenated alkanes) is 1. The van der Waals surface area contributed by atoms with Crippen molar-refractivity contribution in [2.75, 3.05) is 33.2 Å². The van der Waals surface area contributed by atoms with Gasteiger partial charge in [0.15, 0.2) is 0 Å². The lowest BCUT2D eigenvalue weighted by Gasteiger charge is -2.44. The van der Waals surface area contributed by atoms with E-state index in [-0.39, 0.29) is 16.9 Å². The van der Waals surface area contributed by atoms with Gasteiger partial charge in [0, 0.05) is 20.1 Å². The van der Waals surface area contributed by atoms with E-state index in [2.05, 4.69) is 18.7 Å². The normalized spacial score (nSPS) is 20.9. The van der Waals surface area contributed by atoms with Gasteiger partial charge >= 0.3 is 0 Å².